The molecule has 0 amide bonds. The molecule has 1 rings (SSSR count). The molecule has 0 radical (unpaired) electrons. The van der Waals surface area contributed by atoms with Gasteiger partial charge in [-0.1, -0.05) is 30.3 Å². The fraction of sp³-hybridized carbons (Fsp3) is 0.462. The molecule has 94 valence electrons. The number of nitrogens with one attached hydrogen (secondary N) is 1. The van der Waals surface area contributed by atoms with Gasteiger partial charge in [0.25, 0.3) is 0 Å². The van der Waals surface area contributed by atoms with E-state index in [1.807, 2.05) is 30.3 Å². The Bertz CT molecular complexity index is 338. The minimum atomic E-state index is -0.427. The van der Waals surface area contributed by atoms with Crippen molar-refractivity contribution in [3.8, 4) is 0 Å². The van der Waals surface area contributed by atoms with Crippen molar-refractivity contribution in [2.24, 2.45) is 0 Å². The number of carbonyl (C=O) groups is 1. The number of benzene rings is 1. The molecule has 4 heteroatoms. The molecule has 17 heavy (non-hydrogen) atoms. The van der Waals surface area contributed by atoms with Gasteiger partial charge in [0.2, 0.25) is 0 Å². The van der Waals surface area contributed by atoms with Crippen molar-refractivity contribution in [3.63, 3.8) is 0 Å². The normalized spacial score (nSPS) is 14.1. The molecule has 0 bridgehead atoms. The molecule has 0 aliphatic heterocycles. The van der Waals surface area contributed by atoms with Crippen LogP contribution < -0.4 is 5.32 Å². The summed E-state index contributed by atoms with van der Waals surface area (Å²) < 4.78 is 4.78. The number of esters is 1. The molecule has 2 N–H and O–H groups in total. The van der Waals surface area contributed by atoms with Gasteiger partial charge in [0, 0.05) is 13.1 Å². The first-order chi connectivity index (χ1) is 8.15. The lowest BCUT2D eigenvalue weighted by molar-refractivity contribution is -0.142. The van der Waals surface area contributed by atoms with Crippen molar-refractivity contribution >= 4 is 5.97 Å². The summed E-state index contributed by atoms with van der Waals surface area (Å²) in [4.78, 5) is 11.7. The van der Waals surface area contributed by atoms with E-state index in [0.29, 0.717) is 13.1 Å². The van der Waals surface area contributed by atoms with Gasteiger partial charge < -0.3 is 15.2 Å². The predicted molar refractivity (Wildman–Crippen MR) is 65.7 cm³/mol. The van der Waals surface area contributed by atoms with Crippen LogP contribution in [0, 0.1) is 0 Å². The molecule has 1 aromatic carbocycles. The topological polar surface area (TPSA) is 58.6 Å². The molecule has 0 heterocycles. The first-order valence-corrected chi connectivity index (χ1v) is 5.66. The largest absolute Gasteiger partial charge is 0.469 e. The molecule has 0 fully saturated rings. The lowest BCUT2D eigenvalue weighted by Gasteiger charge is -2.16. The highest BCUT2D eigenvalue weighted by molar-refractivity contribution is 5.78. The average molecular weight is 237 g/mol. The highest BCUT2D eigenvalue weighted by Gasteiger charge is 2.20. The second-order valence-corrected chi connectivity index (χ2v) is 3.99. The van der Waals surface area contributed by atoms with E-state index < -0.39 is 6.10 Å². The van der Waals surface area contributed by atoms with Gasteiger partial charge in [0.05, 0.1) is 19.1 Å². The SMILES string of the molecule is COC(=O)C(CNCC(C)O)c1ccccc1. The number of hydrogen-bond acceptors (Lipinski definition) is 4. The molecule has 0 aliphatic rings. The van der Waals surface area contributed by atoms with Gasteiger partial charge in [-0.05, 0) is 12.5 Å². The minimum Gasteiger partial charge on any atom is -0.469 e. The van der Waals surface area contributed by atoms with E-state index >= 15 is 0 Å². The summed E-state index contributed by atoms with van der Waals surface area (Å²) in [6, 6.07) is 9.47. The Hall–Kier alpha value is -1.39. The Morgan fingerprint density at radius 3 is 2.53 bits per heavy atom. The molecule has 4 nitrogen and oxygen atoms in total. The summed E-state index contributed by atoms with van der Waals surface area (Å²) in [6.07, 6.45) is -0.427. The predicted octanol–water partition coefficient (Wildman–Crippen LogP) is 0.914. The summed E-state index contributed by atoms with van der Waals surface area (Å²) in [6.45, 7) is 2.62. The molecular formula is C13H19NO3. The van der Waals surface area contributed by atoms with Crippen molar-refractivity contribution in [2.75, 3.05) is 20.2 Å². The second-order valence-electron chi connectivity index (χ2n) is 3.99. The molecule has 0 aromatic heterocycles. The summed E-state index contributed by atoms with van der Waals surface area (Å²) >= 11 is 0. The van der Waals surface area contributed by atoms with E-state index in [9.17, 15) is 4.79 Å². The summed E-state index contributed by atoms with van der Waals surface area (Å²) in [7, 11) is 1.38. The maximum absolute atomic E-state index is 11.7. The molecule has 0 aliphatic carbocycles. The highest BCUT2D eigenvalue weighted by Crippen LogP contribution is 2.16. The second kappa shape index (κ2) is 7.04. The molecular weight excluding hydrogens is 218 g/mol. The van der Waals surface area contributed by atoms with Gasteiger partial charge in [-0.3, -0.25) is 4.79 Å². The fourth-order valence-corrected chi connectivity index (χ4v) is 1.60. The third-order valence-corrected chi connectivity index (χ3v) is 2.48. The van der Waals surface area contributed by atoms with Crippen LogP contribution in [-0.4, -0.2) is 37.4 Å². The van der Waals surface area contributed by atoms with E-state index in [-0.39, 0.29) is 11.9 Å². The highest BCUT2D eigenvalue weighted by atomic mass is 16.5. The van der Waals surface area contributed by atoms with Crippen LogP contribution >= 0.6 is 0 Å². The quantitative estimate of drug-likeness (QED) is 0.722. The van der Waals surface area contributed by atoms with E-state index in [2.05, 4.69) is 5.32 Å². The molecule has 1 aromatic rings. The minimum absolute atomic E-state index is 0.269. The number of aliphatic hydroxyl groups excluding tert-OH is 1. The van der Waals surface area contributed by atoms with Gasteiger partial charge in [0.15, 0.2) is 0 Å². The number of carbonyl (C=O) groups excluding carboxylic acids is 1. The van der Waals surface area contributed by atoms with Crippen molar-refractivity contribution in [2.45, 2.75) is 18.9 Å². The van der Waals surface area contributed by atoms with Gasteiger partial charge in [-0.15, -0.1) is 0 Å². The number of methoxy groups -OCH3 is 1. The smallest absolute Gasteiger partial charge is 0.314 e. The van der Waals surface area contributed by atoms with Crippen LogP contribution in [0.4, 0.5) is 0 Å². The van der Waals surface area contributed by atoms with Crippen LogP contribution in [0.3, 0.4) is 0 Å². The number of hydrogen-bond donors (Lipinski definition) is 2. The Labute approximate surface area is 102 Å². The molecule has 0 saturated heterocycles. The molecule has 0 saturated carbocycles. The van der Waals surface area contributed by atoms with E-state index in [1.165, 1.54) is 7.11 Å². The Balaban J connectivity index is 2.65. The van der Waals surface area contributed by atoms with Crippen molar-refractivity contribution in [1.29, 1.82) is 0 Å². The lowest BCUT2D eigenvalue weighted by atomic mass is 9.99. The Kier molecular flexibility index (Phi) is 5.66. The van der Waals surface area contributed by atoms with Crippen molar-refractivity contribution in [1.82, 2.24) is 5.32 Å². The maximum atomic E-state index is 11.7. The Morgan fingerprint density at radius 1 is 1.35 bits per heavy atom. The average Bonchev–Trinajstić information content (AvgIpc) is 2.34. The fourth-order valence-electron chi connectivity index (χ4n) is 1.60. The van der Waals surface area contributed by atoms with Gasteiger partial charge in [-0.2, -0.15) is 0 Å². The zero-order chi connectivity index (χ0) is 12.7. The van der Waals surface area contributed by atoms with Gasteiger partial charge in [-0.25, -0.2) is 0 Å². The summed E-state index contributed by atoms with van der Waals surface area (Å²) in [5, 5.41) is 12.2. The zero-order valence-electron chi connectivity index (χ0n) is 10.2. The number of aliphatic hydroxyl groups is 1. The van der Waals surface area contributed by atoms with E-state index in [4.69, 9.17) is 9.84 Å². The van der Waals surface area contributed by atoms with Crippen LogP contribution in [-0.2, 0) is 9.53 Å². The van der Waals surface area contributed by atoms with Crippen LogP contribution in [0.2, 0.25) is 0 Å². The van der Waals surface area contributed by atoms with Crippen molar-refractivity contribution < 1.29 is 14.6 Å². The third kappa shape index (κ3) is 4.54. The van der Waals surface area contributed by atoms with Crippen molar-refractivity contribution in [3.05, 3.63) is 35.9 Å². The maximum Gasteiger partial charge on any atom is 0.314 e. The first kappa shape index (κ1) is 13.7. The monoisotopic (exact) mass is 237 g/mol. The summed E-state index contributed by atoms with van der Waals surface area (Å²) in [5.74, 6) is -0.603. The summed E-state index contributed by atoms with van der Waals surface area (Å²) in [5.41, 5.74) is 0.914. The zero-order valence-corrected chi connectivity index (χ0v) is 10.2. The van der Waals surface area contributed by atoms with Crippen LogP contribution in [0.25, 0.3) is 0 Å². The third-order valence-electron chi connectivity index (χ3n) is 2.48. The van der Waals surface area contributed by atoms with Crippen LogP contribution in [0.5, 0.6) is 0 Å². The number of rotatable bonds is 6. The van der Waals surface area contributed by atoms with Gasteiger partial charge in [0.1, 0.15) is 0 Å². The van der Waals surface area contributed by atoms with Gasteiger partial charge >= 0.3 is 5.97 Å². The standard InChI is InChI=1S/C13H19NO3/c1-10(15)8-14-9-12(13(16)17-2)11-6-4-3-5-7-11/h3-7,10,12,14-15H,8-9H2,1-2H3. The Morgan fingerprint density at radius 2 is 2.00 bits per heavy atom. The lowest BCUT2D eigenvalue weighted by Crippen LogP contribution is -2.32. The number of ether oxygens (including phenoxy) is 1. The van der Waals surface area contributed by atoms with Crippen LogP contribution in [0.15, 0.2) is 30.3 Å². The molecule has 2 atom stereocenters. The van der Waals surface area contributed by atoms with E-state index in [0.717, 1.165) is 5.56 Å². The molecule has 0 spiro atoms. The molecule has 2 unspecified atom stereocenters. The van der Waals surface area contributed by atoms with Crippen LogP contribution in [0.1, 0.15) is 18.4 Å². The first-order valence-electron chi connectivity index (χ1n) is 5.66. The van der Waals surface area contributed by atoms with E-state index in [1.54, 1.807) is 6.92 Å².